The van der Waals surface area contributed by atoms with Crippen LogP contribution < -0.4 is 10.1 Å². The Morgan fingerprint density at radius 1 is 1.38 bits per heavy atom. The van der Waals surface area contributed by atoms with Crippen LogP contribution >= 0.6 is 11.6 Å². The van der Waals surface area contributed by atoms with Gasteiger partial charge in [0.25, 0.3) is 0 Å². The fourth-order valence-corrected chi connectivity index (χ4v) is 1.86. The summed E-state index contributed by atoms with van der Waals surface area (Å²) in [4.78, 5) is 11.5. The molecule has 1 rings (SSSR count). The number of benzene rings is 1. The first-order chi connectivity index (χ1) is 9.73. The summed E-state index contributed by atoms with van der Waals surface area (Å²) in [6.07, 6.45) is -0.680. The van der Waals surface area contributed by atoms with E-state index >= 15 is 0 Å². The lowest BCUT2D eigenvalue weighted by molar-refractivity contribution is -0.150. The van der Waals surface area contributed by atoms with Crippen molar-refractivity contribution in [2.24, 2.45) is 0 Å². The normalized spacial score (nSPS) is 12.9. The van der Waals surface area contributed by atoms with Crippen LogP contribution in [-0.2, 0) is 16.1 Å². The predicted octanol–water partition coefficient (Wildman–Crippen LogP) is 3.56. The topological polar surface area (TPSA) is 47.6 Å². The third-order valence-electron chi connectivity index (χ3n) is 2.74. The molecule has 0 fully saturated rings. The van der Waals surface area contributed by atoms with Crippen LogP contribution in [0, 0.1) is 0 Å². The van der Waals surface area contributed by atoms with Crippen molar-refractivity contribution in [3.63, 3.8) is 0 Å². The van der Waals surface area contributed by atoms with E-state index in [2.05, 4.69) is 26.1 Å². The number of hydrogen-bond donors (Lipinski definition) is 1. The lowest BCUT2D eigenvalue weighted by atomic mass is 10.1. The first-order valence-electron chi connectivity index (χ1n) is 7.09. The molecule has 0 aromatic heterocycles. The molecule has 0 aliphatic heterocycles. The molecule has 0 amide bonds. The fourth-order valence-electron chi connectivity index (χ4n) is 1.62. The zero-order chi connectivity index (χ0) is 16.0. The molecule has 1 aromatic carbocycles. The number of nitrogens with one attached hydrogen (secondary N) is 1. The smallest absolute Gasteiger partial charge is 0.347 e. The van der Waals surface area contributed by atoms with E-state index in [1.165, 1.54) is 0 Å². The van der Waals surface area contributed by atoms with Crippen LogP contribution in [0.3, 0.4) is 0 Å². The molecule has 1 aromatic rings. The average molecular weight is 314 g/mol. The van der Waals surface area contributed by atoms with Gasteiger partial charge in [0, 0.05) is 12.1 Å². The van der Waals surface area contributed by atoms with Crippen molar-refractivity contribution in [1.82, 2.24) is 5.32 Å². The molecule has 0 heterocycles. The summed E-state index contributed by atoms with van der Waals surface area (Å²) in [5.74, 6) is 0.0868. The Morgan fingerprint density at radius 2 is 2.05 bits per heavy atom. The summed E-state index contributed by atoms with van der Waals surface area (Å²) in [6, 6.07) is 5.54. The van der Waals surface area contributed by atoms with Crippen molar-refractivity contribution >= 4 is 17.6 Å². The van der Waals surface area contributed by atoms with Crippen LogP contribution in [0.2, 0.25) is 5.02 Å². The van der Waals surface area contributed by atoms with Gasteiger partial charge >= 0.3 is 5.97 Å². The summed E-state index contributed by atoms with van der Waals surface area (Å²) in [5, 5.41) is 3.87. The van der Waals surface area contributed by atoms with Gasteiger partial charge in [-0.15, -0.1) is 0 Å². The Kier molecular flexibility index (Phi) is 6.49. The van der Waals surface area contributed by atoms with Gasteiger partial charge in [-0.3, -0.25) is 0 Å². The first-order valence-corrected chi connectivity index (χ1v) is 7.47. The number of carbonyl (C=O) groups is 1. The lowest BCUT2D eigenvalue weighted by Gasteiger charge is -2.21. The minimum absolute atomic E-state index is 0.0417. The largest absolute Gasteiger partial charge is 0.477 e. The maximum Gasteiger partial charge on any atom is 0.347 e. The van der Waals surface area contributed by atoms with E-state index in [9.17, 15) is 4.79 Å². The maximum absolute atomic E-state index is 11.5. The molecule has 1 N–H and O–H groups in total. The highest BCUT2D eigenvalue weighted by molar-refractivity contribution is 6.32. The molecule has 0 bridgehead atoms. The summed E-state index contributed by atoms with van der Waals surface area (Å²) in [7, 11) is 0. The molecule has 1 unspecified atom stereocenters. The molecule has 4 nitrogen and oxygen atoms in total. The van der Waals surface area contributed by atoms with Gasteiger partial charge in [-0.1, -0.05) is 17.7 Å². The molecule has 0 aliphatic carbocycles. The zero-order valence-corrected chi connectivity index (χ0v) is 14.1. The summed E-state index contributed by atoms with van der Waals surface area (Å²) >= 11 is 6.20. The monoisotopic (exact) mass is 313 g/mol. The highest BCUT2D eigenvalue weighted by atomic mass is 35.5. The van der Waals surface area contributed by atoms with Gasteiger partial charge in [-0.25, -0.2) is 4.79 Å². The third-order valence-corrected chi connectivity index (χ3v) is 3.04. The van der Waals surface area contributed by atoms with Crippen molar-refractivity contribution in [3.05, 3.63) is 28.8 Å². The van der Waals surface area contributed by atoms with Crippen molar-refractivity contribution in [3.8, 4) is 5.75 Å². The van der Waals surface area contributed by atoms with E-state index in [4.69, 9.17) is 21.1 Å². The molecule has 0 spiro atoms. The minimum Gasteiger partial charge on any atom is -0.477 e. The van der Waals surface area contributed by atoms with E-state index in [1.807, 2.05) is 12.1 Å². The van der Waals surface area contributed by atoms with E-state index < -0.39 is 12.1 Å². The summed E-state index contributed by atoms with van der Waals surface area (Å²) < 4.78 is 10.4. The molecule has 0 radical (unpaired) electrons. The lowest BCUT2D eigenvalue weighted by Crippen LogP contribution is -2.35. The number of halogens is 1. The van der Waals surface area contributed by atoms with Crippen LogP contribution in [-0.4, -0.2) is 24.2 Å². The van der Waals surface area contributed by atoms with Crippen LogP contribution in [0.25, 0.3) is 0 Å². The van der Waals surface area contributed by atoms with E-state index in [-0.39, 0.29) is 5.54 Å². The average Bonchev–Trinajstić information content (AvgIpc) is 2.38. The second-order valence-corrected chi connectivity index (χ2v) is 6.29. The number of ether oxygens (including phenoxy) is 2. The predicted molar refractivity (Wildman–Crippen MR) is 84.8 cm³/mol. The SMILES string of the molecule is CCOC(=O)C(C)Oc1ccc(CNC(C)(C)C)cc1Cl. The van der Waals surface area contributed by atoms with Crippen LogP contribution in [0.1, 0.15) is 40.2 Å². The van der Waals surface area contributed by atoms with E-state index in [0.29, 0.717) is 17.4 Å². The Bertz CT molecular complexity index is 483. The standard InChI is InChI=1S/C16H24ClNO3/c1-6-20-15(19)11(2)21-14-8-7-12(9-13(14)17)10-18-16(3,4)5/h7-9,11,18H,6,10H2,1-5H3. The fraction of sp³-hybridized carbons (Fsp3) is 0.562. The second-order valence-electron chi connectivity index (χ2n) is 5.88. The molecule has 1 atom stereocenters. The van der Waals surface area contributed by atoms with Crippen molar-refractivity contribution in [2.75, 3.05) is 6.61 Å². The Morgan fingerprint density at radius 3 is 2.57 bits per heavy atom. The highest BCUT2D eigenvalue weighted by Gasteiger charge is 2.17. The number of hydrogen-bond acceptors (Lipinski definition) is 4. The van der Waals surface area contributed by atoms with E-state index in [0.717, 1.165) is 12.1 Å². The van der Waals surface area contributed by atoms with Gasteiger partial charge in [0.1, 0.15) is 5.75 Å². The number of carbonyl (C=O) groups excluding carboxylic acids is 1. The molecule has 21 heavy (non-hydrogen) atoms. The quantitative estimate of drug-likeness (QED) is 0.816. The Hall–Kier alpha value is -1.26. The molecule has 0 saturated carbocycles. The van der Waals surface area contributed by atoms with Gasteiger partial charge in [-0.05, 0) is 52.3 Å². The van der Waals surface area contributed by atoms with E-state index in [1.54, 1.807) is 19.9 Å². The van der Waals surface area contributed by atoms with Crippen molar-refractivity contribution in [1.29, 1.82) is 0 Å². The van der Waals surface area contributed by atoms with Gasteiger partial charge in [0.15, 0.2) is 6.10 Å². The zero-order valence-electron chi connectivity index (χ0n) is 13.3. The molecule has 118 valence electrons. The minimum atomic E-state index is -0.680. The van der Waals surface area contributed by atoms with Gasteiger partial charge in [0.2, 0.25) is 0 Å². The number of esters is 1. The summed E-state index contributed by atoms with van der Waals surface area (Å²) in [5.41, 5.74) is 1.10. The van der Waals surface area contributed by atoms with Crippen molar-refractivity contribution < 1.29 is 14.3 Å². The summed E-state index contributed by atoms with van der Waals surface area (Å²) in [6.45, 7) is 10.8. The van der Waals surface area contributed by atoms with Gasteiger partial charge < -0.3 is 14.8 Å². The van der Waals surface area contributed by atoms with Gasteiger partial charge in [0.05, 0.1) is 11.6 Å². The number of rotatable bonds is 6. The Balaban J connectivity index is 2.68. The van der Waals surface area contributed by atoms with Crippen LogP contribution in [0.15, 0.2) is 18.2 Å². The maximum atomic E-state index is 11.5. The Labute approximate surface area is 131 Å². The molecular weight excluding hydrogens is 290 g/mol. The molecule has 5 heteroatoms. The first kappa shape index (κ1) is 17.8. The van der Waals surface area contributed by atoms with Crippen LogP contribution in [0.5, 0.6) is 5.75 Å². The molecular formula is C16H24ClNO3. The van der Waals surface area contributed by atoms with Crippen LogP contribution in [0.4, 0.5) is 0 Å². The van der Waals surface area contributed by atoms with Crippen molar-refractivity contribution in [2.45, 2.75) is 52.8 Å². The molecule has 0 saturated heterocycles. The van der Waals surface area contributed by atoms with Gasteiger partial charge in [-0.2, -0.15) is 0 Å². The highest BCUT2D eigenvalue weighted by Crippen LogP contribution is 2.26. The molecule has 0 aliphatic rings. The third kappa shape index (κ3) is 6.36. The second kappa shape index (κ2) is 7.66.